The highest BCUT2D eigenvalue weighted by Crippen LogP contribution is 2.17. The van der Waals surface area contributed by atoms with Gasteiger partial charge in [0.15, 0.2) is 6.10 Å². The summed E-state index contributed by atoms with van der Waals surface area (Å²) in [7, 11) is 0. The summed E-state index contributed by atoms with van der Waals surface area (Å²) in [6.45, 7) is 6.66. The molecule has 0 aliphatic carbocycles. The van der Waals surface area contributed by atoms with Crippen LogP contribution in [0.4, 0.5) is 0 Å². The molecule has 0 saturated carbocycles. The second-order valence-corrected chi connectivity index (χ2v) is 21.0. The number of rotatable bonds is 57. The fourth-order valence-electron chi connectivity index (χ4n) is 9.26. The lowest BCUT2D eigenvalue weighted by Gasteiger charge is -2.18. The SMILES string of the molecule is CCCCCC/C=C\CCCCCCCC(=O)OCC(COC(=O)CCCCCCCCCCCCCCCCCCCCCCCCC)OC(=O)CCCCCCC/C=C\CCCCCCCC. The van der Waals surface area contributed by atoms with E-state index in [-0.39, 0.29) is 31.1 Å². The fraction of sp³-hybridized carbons (Fsp3) is 0.889. The van der Waals surface area contributed by atoms with E-state index in [1.54, 1.807) is 0 Å². The van der Waals surface area contributed by atoms with Crippen molar-refractivity contribution in [3.05, 3.63) is 24.3 Å². The van der Waals surface area contributed by atoms with Gasteiger partial charge in [0.2, 0.25) is 0 Å². The summed E-state index contributed by atoms with van der Waals surface area (Å²) in [6.07, 6.45) is 69.0. The normalized spacial score (nSPS) is 12.1. The van der Waals surface area contributed by atoms with Crippen molar-refractivity contribution in [2.75, 3.05) is 13.2 Å². The summed E-state index contributed by atoms with van der Waals surface area (Å²) in [5.41, 5.74) is 0. The first-order valence-electron chi connectivity index (χ1n) is 30.8. The zero-order chi connectivity index (χ0) is 50.0. The third-order valence-corrected chi connectivity index (χ3v) is 13.9. The van der Waals surface area contributed by atoms with Gasteiger partial charge in [0, 0.05) is 19.3 Å². The Labute approximate surface area is 430 Å². The lowest BCUT2D eigenvalue weighted by Crippen LogP contribution is -2.30. The maximum Gasteiger partial charge on any atom is 0.306 e. The van der Waals surface area contributed by atoms with Crippen LogP contribution in [0.5, 0.6) is 0 Å². The first-order chi connectivity index (χ1) is 34.0. The molecular weight excluding hydrogens is 853 g/mol. The first kappa shape index (κ1) is 66.9. The lowest BCUT2D eigenvalue weighted by atomic mass is 10.0. The van der Waals surface area contributed by atoms with Crippen molar-refractivity contribution in [3.8, 4) is 0 Å². The Bertz CT molecular complexity index is 1110. The number of hydrogen-bond acceptors (Lipinski definition) is 6. The Morgan fingerprint density at radius 3 is 0.739 bits per heavy atom. The summed E-state index contributed by atoms with van der Waals surface area (Å²) in [4.78, 5) is 38.2. The number of allylic oxidation sites excluding steroid dienone is 4. The molecule has 0 amide bonds. The molecule has 6 nitrogen and oxygen atoms in total. The molecular formula is C63H118O6. The maximum atomic E-state index is 12.9. The van der Waals surface area contributed by atoms with Crippen molar-refractivity contribution in [1.82, 2.24) is 0 Å². The van der Waals surface area contributed by atoms with Gasteiger partial charge in [-0.2, -0.15) is 0 Å². The third kappa shape index (κ3) is 56.7. The highest BCUT2D eigenvalue weighted by Gasteiger charge is 2.19. The van der Waals surface area contributed by atoms with E-state index < -0.39 is 6.10 Å². The van der Waals surface area contributed by atoms with Crippen LogP contribution < -0.4 is 0 Å². The third-order valence-electron chi connectivity index (χ3n) is 13.9. The molecule has 0 heterocycles. The van der Waals surface area contributed by atoms with Crippen molar-refractivity contribution < 1.29 is 28.6 Å². The van der Waals surface area contributed by atoms with Crippen LogP contribution in [0.25, 0.3) is 0 Å². The van der Waals surface area contributed by atoms with Crippen LogP contribution in [-0.4, -0.2) is 37.2 Å². The number of hydrogen-bond donors (Lipinski definition) is 0. The Balaban J connectivity index is 4.25. The molecule has 0 radical (unpaired) electrons. The van der Waals surface area contributed by atoms with Gasteiger partial charge in [0.25, 0.3) is 0 Å². The van der Waals surface area contributed by atoms with Gasteiger partial charge < -0.3 is 14.2 Å². The van der Waals surface area contributed by atoms with Crippen LogP contribution in [0.15, 0.2) is 24.3 Å². The summed E-state index contributed by atoms with van der Waals surface area (Å²) in [5.74, 6) is -0.868. The molecule has 406 valence electrons. The van der Waals surface area contributed by atoms with E-state index in [0.717, 1.165) is 70.6 Å². The smallest absolute Gasteiger partial charge is 0.306 e. The fourth-order valence-corrected chi connectivity index (χ4v) is 9.26. The standard InChI is InChI=1S/C63H118O6/c1-4-7-10-13-16-19-22-25-27-28-29-30-31-32-33-34-36-38-41-44-47-50-53-56-62(65)68-59-60(58-67-61(64)55-52-49-46-43-40-37-24-21-18-15-12-9-6-3)69-63(66)57-54-51-48-45-42-39-35-26-23-20-17-14-11-8-5-2/h21,24,26,35,60H,4-20,22-23,25,27-34,36-59H2,1-3H3/b24-21-,35-26-. The first-order valence-corrected chi connectivity index (χ1v) is 30.8. The van der Waals surface area contributed by atoms with Gasteiger partial charge in [-0.15, -0.1) is 0 Å². The molecule has 1 unspecified atom stereocenters. The van der Waals surface area contributed by atoms with Crippen LogP contribution in [0.2, 0.25) is 0 Å². The van der Waals surface area contributed by atoms with Gasteiger partial charge in [0.1, 0.15) is 13.2 Å². The molecule has 0 aromatic rings. The van der Waals surface area contributed by atoms with Crippen LogP contribution >= 0.6 is 0 Å². The second-order valence-electron chi connectivity index (χ2n) is 21.0. The number of carbonyl (C=O) groups is 3. The van der Waals surface area contributed by atoms with Gasteiger partial charge in [-0.05, 0) is 70.6 Å². The topological polar surface area (TPSA) is 78.9 Å². The highest BCUT2D eigenvalue weighted by molar-refractivity contribution is 5.71. The van der Waals surface area contributed by atoms with E-state index >= 15 is 0 Å². The average molecular weight is 972 g/mol. The van der Waals surface area contributed by atoms with Crippen LogP contribution in [0.1, 0.15) is 342 Å². The number of carbonyl (C=O) groups excluding carboxylic acids is 3. The number of esters is 3. The molecule has 0 aromatic heterocycles. The van der Waals surface area contributed by atoms with Gasteiger partial charge in [0.05, 0.1) is 0 Å². The number of unbranched alkanes of at least 4 members (excludes halogenated alkanes) is 42. The molecule has 0 aromatic carbocycles. The van der Waals surface area contributed by atoms with Gasteiger partial charge in [-0.1, -0.05) is 276 Å². The molecule has 0 aliphatic heterocycles. The summed E-state index contributed by atoms with van der Waals surface area (Å²) >= 11 is 0. The second kappa shape index (κ2) is 58.5. The molecule has 0 fully saturated rings. The zero-order valence-corrected chi connectivity index (χ0v) is 46.6. The number of ether oxygens (including phenoxy) is 3. The monoisotopic (exact) mass is 971 g/mol. The van der Waals surface area contributed by atoms with Gasteiger partial charge in [-0.3, -0.25) is 14.4 Å². The molecule has 1 atom stereocenters. The lowest BCUT2D eigenvalue weighted by molar-refractivity contribution is -0.167. The van der Waals surface area contributed by atoms with Crippen molar-refractivity contribution in [2.24, 2.45) is 0 Å². The van der Waals surface area contributed by atoms with Crippen LogP contribution in [0, 0.1) is 0 Å². The molecule has 0 N–H and O–H groups in total. The van der Waals surface area contributed by atoms with E-state index in [0.29, 0.717) is 19.3 Å². The Kier molecular flexibility index (Phi) is 56.7. The molecule has 0 saturated heterocycles. The molecule has 0 aliphatic rings. The van der Waals surface area contributed by atoms with Gasteiger partial charge >= 0.3 is 17.9 Å². The van der Waals surface area contributed by atoms with Crippen molar-refractivity contribution in [2.45, 2.75) is 348 Å². The Morgan fingerprint density at radius 2 is 0.478 bits per heavy atom. The molecule has 0 bridgehead atoms. The summed E-state index contributed by atoms with van der Waals surface area (Å²) in [6, 6.07) is 0. The minimum atomic E-state index is -0.775. The largest absolute Gasteiger partial charge is 0.462 e. The predicted octanol–water partition coefficient (Wildman–Crippen LogP) is 20.7. The predicted molar refractivity (Wildman–Crippen MR) is 298 cm³/mol. The van der Waals surface area contributed by atoms with E-state index in [4.69, 9.17) is 14.2 Å². The van der Waals surface area contributed by atoms with Crippen molar-refractivity contribution >= 4 is 17.9 Å². The minimum Gasteiger partial charge on any atom is -0.462 e. The summed E-state index contributed by atoms with van der Waals surface area (Å²) < 4.78 is 16.9. The van der Waals surface area contributed by atoms with E-state index in [1.807, 2.05) is 0 Å². The highest BCUT2D eigenvalue weighted by atomic mass is 16.6. The van der Waals surface area contributed by atoms with Crippen LogP contribution in [0.3, 0.4) is 0 Å². The molecule has 69 heavy (non-hydrogen) atoms. The van der Waals surface area contributed by atoms with Crippen molar-refractivity contribution in [3.63, 3.8) is 0 Å². The zero-order valence-electron chi connectivity index (χ0n) is 46.6. The van der Waals surface area contributed by atoms with Gasteiger partial charge in [-0.25, -0.2) is 0 Å². The van der Waals surface area contributed by atoms with Crippen LogP contribution in [-0.2, 0) is 28.6 Å². The molecule has 6 heteroatoms. The van der Waals surface area contributed by atoms with E-state index in [9.17, 15) is 14.4 Å². The van der Waals surface area contributed by atoms with E-state index in [1.165, 1.54) is 231 Å². The summed E-state index contributed by atoms with van der Waals surface area (Å²) in [5, 5.41) is 0. The maximum absolute atomic E-state index is 12.9. The minimum absolute atomic E-state index is 0.0726. The Morgan fingerprint density at radius 1 is 0.275 bits per heavy atom. The molecule has 0 rings (SSSR count). The van der Waals surface area contributed by atoms with Crippen molar-refractivity contribution in [1.29, 1.82) is 0 Å². The Hall–Kier alpha value is -2.11. The van der Waals surface area contributed by atoms with E-state index in [2.05, 4.69) is 45.1 Å². The average Bonchev–Trinajstić information content (AvgIpc) is 3.35. The molecule has 0 spiro atoms. The quantitative estimate of drug-likeness (QED) is 0.0261.